The number of carbonyl (C=O) groups is 1. The molecule has 1 aliphatic rings. The fraction of sp³-hybridized carbons (Fsp3) is 0.312. The lowest BCUT2D eigenvalue weighted by Gasteiger charge is -2.23. The van der Waals surface area contributed by atoms with Gasteiger partial charge in [-0.25, -0.2) is 4.98 Å². The molecule has 1 amide bonds. The number of likely N-dealkylation sites (tertiary alicyclic amines) is 1. The molecule has 1 aliphatic heterocycles. The van der Waals surface area contributed by atoms with Crippen molar-refractivity contribution in [1.29, 1.82) is 0 Å². The summed E-state index contributed by atoms with van der Waals surface area (Å²) in [6.45, 7) is 0.770. The van der Waals surface area contributed by atoms with Crippen molar-refractivity contribution in [2.75, 3.05) is 6.54 Å². The Labute approximate surface area is 137 Å². The smallest absolute Gasteiger partial charge is 0.266 e. The van der Waals surface area contributed by atoms with Crippen LogP contribution in [0.2, 0.25) is 0 Å². The third-order valence-corrected chi connectivity index (χ3v) is 5.07. The van der Waals surface area contributed by atoms with Crippen molar-refractivity contribution in [2.24, 2.45) is 7.05 Å². The average Bonchev–Trinajstić information content (AvgIpc) is 3.31. The second-order valence-corrected chi connectivity index (χ2v) is 6.64. The van der Waals surface area contributed by atoms with Gasteiger partial charge in [0, 0.05) is 25.4 Å². The molecule has 0 bridgehead atoms. The van der Waals surface area contributed by atoms with E-state index in [1.807, 2.05) is 36.5 Å². The number of thiazole rings is 1. The molecular weight excluding hydrogens is 312 g/mol. The minimum absolute atomic E-state index is 0.0339. The SMILES string of the molecule is Cn1cc([C@H]2CCCN2C(=O)c2cnc(-c3ccco3)s2)cn1. The molecular formula is C16H16N4O2S. The highest BCUT2D eigenvalue weighted by Gasteiger charge is 2.32. The highest BCUT2D eigenvalue weighted by atomic mass is 32.1. The topological polar surface area (TPSA) is 64.2 Å². The third-order valence-electron chi connectivity index (χ3n) is 4.07. The summed E-state index contributed by atoms with van der Waals surface area (Å²) in [6, 6.07) is 3.77. The zero-order valence-corrected chi connectivity index (χ0v) is 13.5. The maximum atomic E-state index is 12.9. The largest absolute Gasteiger partial charge is 0.462 e. The van der Waals surface area contributed by atoms with Crippen molar-refractivity contribution >= 4 is 17.2 Å². The van der Waals surface area contributed by atoms with Gasteiger partial charge in [-0.15, -0.1) is 11.3 Å². The summed E-state index contributed by atoms with van der Waals surface area (Å²) < 4.78 is 7.12. The average molecular weight is 328 g/mol. The van der Waals surface area contributed by atoms with Gasteiger partial charge in [0.25, 0.3) is 5.91 Å². The molecule has 6 nitrogen and oxygen atoms in total. The summed E-state index contributed by atoms with van der Waals surface area (Å²) >= 11 is 1.37. The number of aryl methyl sites for hydroxylation is 1. The van der Waals surface area contributed by atoms with Crippen LogP contribution in [0.5, 0.6) is 0 Å². The summed E-state index contributed by atoms with van der Waals surface area (Å²) in [7, 11) is 1.89. The maximum Gasteiger partial charge on any atom is 0.266 e. The first kappa shape index (κ1) is 14.2. The molecule has 23 heavy (non-hydrogen) atoms. The molecule has 0 N–H and O–H groups in total. The van der Waals surface area contributed by atoms with E-state index in [9.17, 15) is 4.79 Å². The molecule has 1 fully saturated rings. The van der Waals surface area contributed by atoms with Gasteiger partial charge < -0.3 is 9.32 Å². The van der Waals surface area contributed by atoms with E-state index in [1.54, 1.807) is 17.1 Å². The molecule has 1 saturated heterocycles. The highest BCUT2D eigenvalue weighted by Crippen LogP contribution is 2.34. The molecule has 118 valence electrons. The van der Waals surface area contributed by atoms with Crippen LogP contribution in [0.4, 0.5) is 0 Å². The normalized spacial score (nSPS) is 17.8. The van der Waals surface area contributed by atoms with Crippen LogP contribution in [0.3, 0.4) is 0 Å². The Kier molecular flexibility index (Phi) is 3.49. The van der Waals surface area contributed by atoms with E-state index in [1.165, 1.54) is 11.3 Å². The molecule has 0 radical (unpaired) electrons. The summed E-state index contributed by atoms with van der Waals surface area (Å²) in [5.74, 6) is 0.728. The van der Waals surface area contributed by atoms with E-state index in [-0.39, 0.29) is 11.9 Å². The number of hydrogen-bond acceptors (Lipinski definition) is 5. The lowest BCUT2D eigenvalue weighted by molar-refractivity contribution is 0.0740. The van der Waals surface area contributed by atoms with E-state index in [0.29, 0.717) is 10.6 Å². The second kappa shape index (κ2) is 5.66. The molecule has 0 saturated carbocycles. The first-order valence-corrected chi connectivity index (χ1v) is 8.33. The fourth-order valence-electron chi connectivity index (χ4n) is 3.00. The number of amides is 1. The summed E-state index contributed by atoms with van der Waals surface area (Å²) in [5, 5.41) is 4.95. The Morgan fingerprint density at radius 2 is 2.35 bits per heavy atom. The molecule has 0 aliphatic carbocycles. The van der Waals surface area contributed by atoms with Gasteiger partial charge in [0.2, 0.25) is 0 Å². The first-order chi connectivity index (χ1) is 11.2. The Bertz CT molecular complexity index is 821. The van der Waals surface area contributed by atoms with Crippen LogP contribution >= 0.6 is 11.3 Å². The van der Waals surface area contributed by atoms with Crippen LogP contribution < -0.4 is 0 Å². The Hall–Kier alpha value is -2.41. The second-order valence-electron chi connectivity index (χ2n) is 5.61. The third kappa shape index (κ3) is 2.57. The molecule has 0 spiro atoms. The van der Waals surface area contributed by atoms with Gasteiger partial charge >= 0.3 is 0 Å². The highest BCUT2D eigenvalue weighted by molar-refractivity contribution is 7.16. The van der Waals surface area contributed by atoms with Gasteiger partial charge in [0.15, 0.2) is 10.8 Å². The van der Waals surface area contributed by atoms with Gasteiger partial charge in [-0.1, -0.05) is 0 Å². The van der Waals surface area contributed by atoms with Crippen LogP contribution in [-0.4, -0.2) is 32.1 Å². The number of carbonyl (C=O) groups excluding carboxylic acids is 1. The van der Waals surface area contributed by atoms with Crippen molar-refractivity contribution in [3.05, 3.63) is 47.4 Å². The van der Waals surface area contributed by atoms with Crippen molar-refractivity contribution in [1.82, 2.24) is 19.7 Å². The fourth-order valence-corrected chi connectivity index (χ4v) is 3.84. The maximum absolute atomic E-state index is 12.9. The molecule has 0 unspecified atom stereocenters. The Morgan fingerprint density at radius 3 is 3.09 bits per heavy atom. The predicted molar refractivity (Wildman–Crippen MR) is 86.0 cm³/mol. The van der Waals surface area contributed by atoms with Gasteiger partial charge in [-0.3, -0.25) is 9.48 Å². The van der Waals surface area contributed by atoms with Crippen LogP contribution in [-0.2, 0) is 7.05 Å². The molecule has 0 aromatic carbocycles. The number of nitrogens with zero attached hydrogens (tertiary/aromatic N) is 4. The zero-order chi connectivity index (χ0) is 15.8. The number of furan rings is 1. The molecule has 1 atom stereocenters. The summed E-state index contributed by atoms with van der Waals surface area (Å²) in [4.78, 5) is 19.7. The van der Waals surface area contributed by atoms with Gasteiger partial charge in [0.1, 0.15) is 4.88 Å². The van der Waals surface area contributed by atoms with E-state index >= 15 is 0 Å². The number of rotatable bonds is 3. The minimum atomic E-state index is 0.0339. The standard InChI is InChI=1S/C16H16N4O2S/c1-19-10-11(8-18-19)12-4-2-6-20(12)16(21)14-9-17-15(23-14)13-5-3-7-22-13/h3,5,7-10,12H,2,4,6H2,1H3/t12-/m1/s1. The van der Waals surface area contributed by atoms with Crippen molar-refractivity contribution in [3.63, 3.8) is 0 Å². The minimum Gasteiger partial charge on any atom is -0.462 e. The van der Waals surface area contributed by atoms with Crippen molar-refractivity contribution in [2.45, 2.75) is 18.9 Å². The molecule has 4 heterocycles. The van der Waals surface area contributed by atoms with Crippen molar-refractivity contribution < 1.29 is 9.21 Å². The number of hydrogen-bond donors (Lipinski definition) is 0. The van der Waals surface area contributed by atoms with Crippen LogP contribution in [0.1, 0.15) is 34.1 Å². The molecule has 3 aromatic heterocycles. The van der Waals surface area contributed by atoms with E-state index in [4.69, 9.17) is 4.42 Å². The lowest BCUT2D eigenvalue weighted by atomic mass is 10.1. The first-order valence-electron chi connectivity index (χ1n) is 7.51. The lowest BCUT2D eigenvalue weighted by Crippen LogP contribution is -2.29. The van der Waals surface area contributed by atoms with Crippen molar-refractivity contribution in [3.8, 4) is 10.8 Å². The quantitative estimate of drug-likeness (QED) is 0.741. The van der Waals surface area contributed by atoms with E-state index < -0.39 is 0 Å². The summed E-state index contributed by atoms with van der Waals surface area (Å²) in [6.07, 6.45) is 9.06. The van der Waals surface area contributed by atoms with E-state index in [2.05, 4.69) is 10.1 Å². The summed E-state index contributed by atoms with van der Waals surface area (Å²) in [5.41, 5.74) is 1.09. The Morgan fingerprint density at radius 1 is 1.43 bits per heavy atom. The van der Waals surface area contributed by atoms with Crippen LogP contribution in [0.15, 0.2) is 41.4 Å². The van der Waals surface area contributed by atoms with Crippen LogP contribution in [0.25, 0.3) is 10.8 Å². The molecule has 7 heteroatoms. The Balaban J connectivity index is 1.58. The van der Waals surface area contributed by atoms with Gasteiger partial charge in [-0.05, 0) is 25.0 Å². The monoisotopic (exact) mass is 328 g/mol. The zero-order valence-electron chi connectivity index (χ0n) is 12.7. The number of aromatic nitrogens is 3. The predicted octanol–water partition coefficient (Wildman–Crippen LogP) is 3.11. The van der Waals surface area contributed by atoms with E-state index in [0.717, 1.165) is 30.0 Å². The molecule has 4 rings (SSSR count). The van der Waals surface area contributed by atoms with Crippen LogP contribution in [0, 0.1) is 0 Å². The molecule has 3 aromatic rings. The van der Waals surface area contributed by atoms with Gasteiger partial charge in [-0.2, -0.15) is 5.10 Å². The van der Waals surface area contributed by atoms with Gasteiger partial charge in [0.05, 0.1) is 24.7 Å².